The van der Waals surface area contributed by atoms with Crippen LogP contribution in [0.25, 0.3) is 0 Å². The Morgan fingerprint density at radius 2 is 1.47 bits per heavy atom. The van der Waals surface area contributed by atoms with Gasteiger partial charge in [-0.15, -0.1) is 0 Å². The van der Waals surface area contributed by atoms with Crippen molar-refractivity contribution in [1.29, 1.82) is 0 Å². The van der Waals surface area contributed by atoms with E-state index in [-0.39, 0.29) is 19.8 Å². The fourth-order valence-corrected chi connectivity index (χ4v) is 0.612. The molecule has 0 aromatic heterocycles. The number of hydrogen-bond donors (Lipinski definition) is 3. The van der Waals surface area contributed by atoms with Crippen LogP contribution in [0, 0.1) is 0 Å². The van der Waals surface area contributed by atoms with Crippen molar-refractivity contribution in [3.8, 4) is 0 Å². The monoisotopic (exact) mass is 222 g/mol. The second-order valence-electron chi connectivity index (χ2n) is 2.53. The van der Waals surface area contributed by atoms with Crippen LogP contribution < -0.4 is 0 Å². The maximum atomic E-state index is 8.28. The van der Waals surface area contributed by atoms with Crippen LogP contribution in [0.5, 0.6) is 0 Å². The molecule has 0 rings (SSSR count). The van der Waals surface area contributed by atoms with Crippen molar-refractivity contribution < 1.29 is 24.8 Å². The summed E-state index contributed by atoms with van der Waals surface area (Å²) in [5, 5.41) is 24.5. The average molecular weight is 222 g/mol. The van der Waals surface area contributed by atoms with E-state index in [1.54, 1.807) is 0 Å². The molecule has 0 unspecified atom stereocenters. The highest BCUT2D eigenvalue weighted by molar-refractivity contribution is 4.48. The smallest absolute Gasteiger partial charge is 0.0873 e. The van der Waals surface area contributed by atoms with Gasteiger partial charge in [0.25, 0.3) is 0 Å². The minimum Gasteiger partial charge on any atom is -0.502 e. The number of aliphatic hydroxyl groups excluding tert-OH is 3. The SMILES string of the molecule is C=COCCCCO.OCCOCCO. The molecule has 0 aliphatic carbocycles. The Balaban J connectivity index is 0. The Morgan fingerprint density at radius 3 is 1.87 bits per heavy atom. The molecule has 0 aromatic carbocycles. The van der Waals surface area contributed by atoms with Gasteiger partial charge in [0, 0.05) is 6.61 Å². The van der Waals surface area contributed by atoms with Crippen LogP contribution in [0.4, 0.5) is 0 Å². The number of unbranched alkanes of at least 4 members (excludes halogenated alkanes) is 1. The second kappa shape index (κ2) is 19.0. The summed E-state index contributed by atoms with van der Waals surface area (Å²) in [5.74, 6) is 0. The van der Waals surface area contributed by atoms with Crippen LogP contribution in [0.15, 0.2) is 12.8 Å². The highest BCUT2D eigenvalue weighted by Crippen LogP contribution is 1.87. The lowest BCUT2D eigenvalue weighted by atomic mass is 10.3. The third-order valence-electron chi connectivity index (χ3n) is 1.26. The van der Waals surface area contributed by atoms with E-state index in [1.165, 1.54) is 6.26 Å². The molecular formula is C10H22O5. The van der Waals surface area contributed by atoms with Crippen molar-refractivity contribution in [3.05, 3.63) is 12.8 Å². The Labute approximate surface area is 90.9 Å². The first-order chi connectivity index (χ1) is 7.33. The lowest BCUT2D eigenvalue weighted by molar-refractivity contribution is 0.0650. The van der Waals surface area contributed by atoms with Crippen LogP contribution >= 0.6 is 0 Å². The van der Waals surface area contributed by atoms with Gasteiger partial charge in [-0.05, 0) is 12.8 Å². The van der Waals surface area contributed by atoms with Gasteiger partial charge in [-0.2, -0.15) is 0 Å². The highest BCUT2D eigenvalue weighted by atomic mass is 16.5. The summed E-state index contributed by atoms with van der Waals surface area (Å²) in [7, 11) is 0. The fourth-order valence-electron chi connectivity index (χ4n) is 0.612. The van der Waals surface area contributed by atoms with Crippen LogP contribution in [-0.2, 0) is 9.47 Å². The summed E-state index contributed by atoms with van der Waals surface area (Å²) in [5.41, 5.74) is 0. The van der Waals surface area contributed by atoms with Gasteiger partial charge in [-0.25, -0.2) is 0 Å². The molecule has 0 bridgehead atoms. The van der Waals surface area contributed by atoms with Crippen molar-refractivity contribution in [2.45, 2.75) is 12.8 Å². The molecule has 3 N–H and O–H groups in total. The van der Waals surface area contributed by atoms with Crippen molar-refractivity contribution in [2.24, 2.45) is 0 Å². The largest absolute Gasteiger partial charge is 0.502 e. The van der Waals surface area contributed by atoms with Gasteiger partial charge < -0.3 is 24.8 Å². The molecule has 0 atom stereocenters. The van der Waals surface area contributed by atoms with Gasteiger partial charge in [-0.3, -0.25) is 0 Å². The van der Waals surface area contributed by atoms with Gasteiger partial charge in [0.15, 0.2) is 0 Å². The van der Waals surface area contributed by atoms with Crippen LogP contribution in [0.2, 0.25) is 0 Å². The maximum Gasteiger partial charge on any atom is 0.0873 e. The Morgan fingerprint density at radius 1 is 0.867 bits per heavy atom. The van der Waals surface area contributed by atoms with Crippen LogP contribution in [0.3, 0.4) is 0 Å². The minimum absolute atomic E-state index is 0.0278. The summed E-state index contributed by atoms with van der Waals surface area (Å²) in [4.78, 5) is 0. The van der Waals surface area contributed by atoms with Crippen molar-refractivity contribution in [3.63, 3.8) is 0 Å². The third-order valence-corrected chi connectivity index (χ3v) is 1.26. The van der Waals surface area contributed by atoms with Gasteiger partial charge in [0.1, 0.15) is 0 Å². The van der Waals surface area contributed by atoms with E-state index in [9.17, 15) is 0 Å². The number of aliphatic hydroxyl groups is 3. The van der Waals surface area contributed by atoms with Crippen molar-refractivity contribution >= 4 is 0 Å². The Bertz CT molecular complexity index is 104. The molecule has 0 saturated carbocycles. The van der Waals surface area contributed by atoms with Crippen molar-refractivity contribution in [2.75, 3.05) is 39.6 Å². The number of hydrogen-bond acceptors (Lipinski definition) is 5. The standard InChI is InChI=1S/C6H12O2.C4H10O3/c1-2-8-6-4-3-5-7;5-1-3-7-4-2-6/h2,7H,1,3-6H2;5-6H,1-4H2. The lowest BCUT2D eigenvalue weighted by Crippen LogP contribution is -2.03. The van der Waals surface area contributed by atoms with E-state index in [0.29, 0.717) is 19.8 Å². The zero-order valence-corrected chi connectivity index (χ0v) is 9.10. The Kier molecular flexibility index (Phi) is 21.3. The normalized spacial score (nSPS) is 9.00. The zero-order valence-electron chi connectivity index (χ0n) is 9.10. The quantitative estimate of drug-likeness (QED) is 0.375. The molecule has 0 aliphatic rings. The van der Waals surface area contributed by atoms with Crippen LogP contribution in [0.1, 0.15) is 12.8 Å². The van der Waals surface area contributed by atoms with E-state index < -0.39 is 0 Å². The summed E-state index contributed by atoms with van der Waals surface area (Å²) in [6.45, 7) is 4.99. The predicted molar refractivity (Wildman–Crippen MR) is 57.5 cm³/mol. The number of ether oxygens (including phenoxy) is 2. The first-order valence-corrected chi connectivity index (χ1v) is 4.96. The second-order valence-corrected chi connectivity index (χ2v) is 2.53. The summed E-state index contributed by atoms with van der Waals surface area (Å²) in [6.07, 6.45) is 3.13. The minimum atomic E-state index is 0.0278. The molecule has 92 valence electrons. The molecule has 0 amide bonds. The van der Waals surface area contributed by atoms with Gasteiger partial charge in [0.05, 0.1) is 39.3 Å². The van der Waals surface area contributed by atoms with E-state index >= 15 is 0 Å². The predicted octanol–water partition coefficient (Wildman–Crippen LogP) is -0.0934. The molecule has 5 nitrogen and oxygen atoms in total. The van der Waals surface area contributed by atoms with E-state index in [4.69, 9.17) is 20.1 Å². The summed E-state index contributed by atoms with van der Waals surface area (Å²) < 4.78 is 9.42. The van der Waals surface area contributed by atoms with E-state index in [1.807, 2.05) is 0 Å². The molecule has 0 fully saturated rings. The first kappa shape index (κ1) is 16.8. The molecular weight excluding hydrogens is 200 g/mol. The number of rotatable bonds is 9. The van der Waals surface area contributed by atoms with Gasteiger partial charge in [-0.1, -0.05) is 6.58 Å². The first-order valence-electron chi connectivity index (χ1n) is 4.96. The Hall–Kier alpha value is -0.620. The molecule has 0 aliphatic heterocycles. The topological polar surface area (TPSA) is 79.2 Å². The maximum absolute atomic E-state index is 8.28. The molecule has 15 heavy (non-hydrogen) atoms. The molecule has 0 heterocycles. The fraction of sp³-hybridized carbons (Fsp3) is 0.800. The molecule has 5 heteroatoms. The molecule has 0 aromatic rings. The summed E-state index contributed by atoms with van der Waals surface area (Å²) in [6, 6.07) is 0. The molecule has 0 radical (unpaired) electrons. The van der Waals surface area contributed by atoms with Gasteiger partial charge in [0.2, 0.25) is 0 Å². The molecule has 0 spiro atoms. The summed E-state index contributed by atoms with van der Waals surface area (Å²) >= 11 is 0. The average Bonchev–Trinajstić information content (AvgIpc) is 2.26. The van der Waals surface area contributed by atoms with Crippen molar-refractivity contribution in [1.82, 2.24) is 0 Å². The highest BCUT2D eigenvalue weighted by Gasteiger charge is 1.82. The van der Waals surface area contributed by atoms with E-state index in [0.717, 1.165) is 12.8 Å². The van der Waals surface area contributed by atoms with Gasteiger partial charge >= 0.3 is 0 Å². The third kappa shape index (κ3) is 24.7. The van der Waals surface area contributed by atoms with E-state index in [2.05, 4.69) is 11.3 Å². The zero-order chi connectivity index (χ0) is 11.8. The van der Waals surface area contributed by atoms with Crippen LogP contribution in [-0.4, -0.2) is 55.0 Å². The lowest BCUT2D eigenvalue weighted by Gasteiger charge is -1.95. The molecule has 0 saturated heterocycles.